The summed E-state index contributed by atoms with van der Waals surface area (Å²) in [6.45, 7) is 3.34. The first-order chi connectivity index (χ1) is 12.6. The van der Waals surface area contributed by atoms with Crippen LogP contribution in [0, 0.1) is 22.7 Å². The lowest BCUT2D eigenvalue weighted by atomic mass is 9.71. The summed E-state index contributed by atoms with van der Waals surface area (Å²) >= 11 is 0. The Morgan fingerprint density at radius 1 is 1.42 bits per heavy atom. The lowest BCUT2D eigenvalue weighted by Gasteiger charge is -2.43. The number of pyridine rings is 1. The van der Waals surface area contributed by atoms with Crippen molar-refractivity contribution in [3.63, 3.8) is 0 Å². The van der Waals surface area contributed by atoms with Crippen molar-refractivity contribution in [2.45, 2.75) is 64.6 Å². The molecule has 2 heterocycles. The topological polar surface area (TPSA) is 39.9 Å². The Kier molecular flexibility index (Phi) is 6.03. The molecule has 140 valence electrons. The van der Waals surface area contributed by atoms with Gasteiger partial charge in [-0.05, 0) is 50.3 Å². The van der Waals surface area contributed by atoms with Gasteiger partial charge in [0.15, 0.2) is 0 Å². The van der Waals surface area contributed by atoms with E-state index in [1.54, 1.807) is 6.07 Å². The van der Waals surface area contributed by atoms with Gasteiger partial charge >= 0.3 is 0 Å². The van der Waals surface area contributed by atoms with Gasteiger partial charge < -0.3 is 0 Å². The Bertz CT molecular complexity index is 710. The van der Waals surface area contributed by atoms with Crippen molar-refractivity contribution in [3.8, 4) is 6.07 Å². The zero-order chi connectivity index (χ0) is 18.6. The number of rotatable bonds is 6. The van der Waals surface area contributed by atoms with E-state index in [0.29, 0.717) is 25.1 Å². The fourth-order valence-electron chi connectivity index (χ4n) is 4.32. The monoisotopic (exact) mass is 359 g/mol. The van der Waals surface area contributed by atoms with Crippen LogP contribution in [-0.4, -0.2) is 29.1 Å². The number of hydrogen-bond donors (Lipinski definition) is 0. The molecule has 1 aromatic rings. The highest BCUT2D eigenvalue weighted by Gasteiger charge is 2.42. The van der Waals surface area contributed by atoms with Crippen LogP contribution in [0.5, 0.6) is 0 Å². The van der Waals surface area contributed by atoms with E-state index < -0.39 is 17.5 Å². The number of hydrogen-bond acceptors (Lipinski definition) is 3. The molecule has 2 aliphatic rings. The number of piperidine rings is 1. The number of nitriles is 1. The van der Waals surface area contributed by atoms with Crippen molar-refractivity contribution in [2.75, 3.05) is 13.1 Å². The van der Waals surface area contributed by atoms with Gasteiger partial charge in [0, 0.05) is 30.5 Å². The maximum atomic E-state index is 14.9. The Morgan fingerprint density at radius 2 is 2.27 bits per heavy atom. The maximum Gasteiger partial charge on any atom is 0.217 e. The predicted molar refractivity (Wildman–Crippen MR) is 98.4 cm³/mol. The van der Waals surface area contributed by atoms with Crippen LogP contribution in [0.1, 0.15) is 63.1 Å². The zero-order valence-corrected chi connectivity index (χ0v) is 15.5. The Hall–Kier alpha value is -1.80. The van der Waals surface area contributed by atoms with Gasteiger partial charge in [-0.15, -0.1) is 0 Å². The van der Waals surface area contributed by atoms with Gasteiger partial charge in [0.1, 0.15) is 6.17 Å². The minimum absolute atomic E-state index is 0.258. The molecule has 0 aromatic carbocycles. The van der Waals surface area contributed by atoms with Gasteiger partial charge in [0.25, 0.3) is 0 Å². The number of halogens is 2. The molecule has 2 unspecified atom stereocenters. The van der Waals surface area contributed by atoms with Crippen LogP contribution in [0.15, 0.2) is 18.2 Å². The van der Waals surface area contributed by atoms with Crippen LogP contribution in [0.3, 0.4) is 0 Å². The highest BCUT2D eigenvalue weighted by atomic mass is 19.1. The van der Waals surface area contributed by atoms with Crippen molar-refractivity contribution >= 4 is 5.57 Å². The second kappa shape index (κ2) is 8.26. The first-order valence-corrected chi connectivity index (χ1v) is 9.66. The minimum Gasteiger partial charge on any atom is -0.296 e. The predicted octanol–water partition coefficient (Wildman–Crippen LogP) is 5.03. The smallest absolute Gasteiger partial charge is 0.217 e. The van der Waals surface area contributed by atoms with Crippen molar-refractivity contribution < 1.29 is 8.78 Å². The minimum atomic E-state index is -1.05. The van der Waals surface area contributed by atoms with Gasteiger partial charge in [-0.1, -0.05) is 25.5 Å². The number of aromatic nitrogens is 1. The van der Waals surface area contributed by atoms with Crippen molar-refractivity contribution in [2.24, 2.45) is 5.41 Å². The second-order valence-corrected chi connectivity index (χ2v) is 7.67. The second-order valence-electron chi connectivity index (χ2n) is 7.67. The molecule has 0 spiro atoms. The Labute approximate surface area is 154 Å². The Balaban J connectivity index is 1.66. The van der Waals surface area contributed by atoms with Gasteiger partial charge in [0.05, 0.1) is 11.8 Å². The highest BCUT2D eigenvalue weighted by molar-refractivity contribution is 5.64. The molecular formula is C21H27F2N3. The quantitative estimate of drug-likeness (QED) is 0.669. The molecule has 0 bridgehead atoms. The van der Waals surface area contributed by atoms with Crippen molar-refractivity contribution in [1.29, 1.82) is 5.26 Å². The van der Waals surface area contributed by atoms with E-state index in [2.05, 4.69) is 17.1 Å². The third kappa shape index (κ3) is 3.96. The van der Waals surface area contributed by atoms with Gasteiger partial charge in [-0.25, -0.2) is 9.37 Å². The number of allylic oxidation sites excluding steroid dienone is 2. The third-order valence-electron chi connectivity index (χ3n) is 5.88. The molecule has 5 heteroatoms. The van der Waals surface area contributed by atoms with Crippen LogP contribution in [0.4, 0.5) is 8.78 Å². The molecule has 0 amide bonds. The highest BCUT2D eigenvalue weighted by Crippen LogP contribution is 2.41. The number of alkyl halides is 1. The van der Waals surface area contributed by atoms with E-state index in [1.807, 2.05) is 17.9 Å². The lowest BCUT2D eigenvalue weighted by Crippen LogP contribution is -2.48. The molecular weight excluding hydrogens is 332 g/mol. The third-order valence-corrected chi connectivity index (χ3v) is 5.88. The number of nitrogens with zero attached hydrogens (tertiary/aromatic N) is 3. The molecule has 1 aliphatic carbocycles. The maximum absolute atomic E-state index is 14.9. The van der Waals surface area contributed by atoms with Crippen LogP contribution in [0.25, 0.3) is 5.57 Å². The molecule has 1 fully saturated rings. The number of likely N-dealkylation sites (tertiary alicyclic amines) is 1. The molecule has 1 aromatic heterocycles. The fourth-order valence-corrected chi connectivity index (χ4v) is 4.32. The molecule has 1 aliphatic heterocycles. The average Bonchev–Trinajstić information content (AvgIpc) is 3.15. The molecule has 2 atom stereocenters. The van der Waals surface area contributed by atoms with E-state index in [4.69, 9.17) is 5.26 Å². The summed E-state index contributed by atoms with van der Waals surface area (Å²) in [5, 5.41) is 9.09. The molecule has 0 saturated carbocycles. The van der Waals surface area contributed by atoms with Crippen molar-refractivity contribution in [1.82, 2.24) is 9.88 Å². The van der Waals surface area contributed by atoms with Gasteiger partial charge in [0.2, 0.25) is 5.95 Å². The van der Waals surface area contributed by atoms with E-state index in [9.17, 15) is 8.78 Å². The molecule has 3 nitrogen and oxygen atoms in total. The summed E-state index contributed by atoms with van der Waals surface area (Å²) in [7, 11) is 0. The van der Waals surface area contributed by atoms with E-state index in [1.165, 1.54) is 0 Å². The van der Waals surface area contributed by atoms with Crippen molar-refractivity contribution in [3.05, 3.63) is 35.4 Å². The summed E-state index contributed by atoms with van der Waals surface area (Å²) in [5.41, 5.74) is 1.83. The summed E-state index contributed by atoms with van der Waals surface area (Å²) in [5.74, 6) is -0.451. The largest absolute Gasteiger partial charge is 0.296 e. The average molecular weight is 359 g/mol. The molecule has 0 radical (unpaired) electrons. The van der Waals surface area contributed by atoms with E-state index in [0.717, 1.165) is 43.4 Å². The van der Waals surface area contributed by atoms with Gasteiger partial charge in [-0.2, -0.15) is 9.65 Å². The van der Waals surface area contributed by atoms with E-state index >= 15 is 0 Å². The summed E-state index contributed by atoms with van der Waals surface area (Å²) < 4.78 is 29.3. The van der Waals surface area contributed by atoms with Crippen LogP contribution in [-0.2, 0) is 6.54 Å². The standard InChI is InChI=1S/C21H27F2N3/c1-2-9-21(10-12-24)11-13-26(15-19(21)22)14-17-7-8-18(25-20(17)23)16-5-3-4-6-16/h5,7-8,19H,2-4,6,9-11,13-15H2,1H3. The molecule has 3 rings (SSSR count). The zero-order valence-electron chi connectivity index (χ0n) is 15.5. The summed E-state index contributed by atoms with van der Waals surface area (Å²) in [4.78, 5) is 6.08. The summed E-state index contributed by atoms with van der Waals surface area (Å²) in [6, 6.07) is 5.83. The first kappa shape index (κ1) is 19.0. The molecule has 1 saturated heterocycles. The summed E-state index contributed by atoms with van der Waals surface area (Å²) in [6.07, 6.45) is 6.69. The normalized spacial score (nSPS) is 26.5. The van der Waals surface area contributed by atoms with Gasteiger partial charge in [-0.3, -0.25) is 4.90 Å². The fraction of sp³-hybridized carbons (Fsp3) is 0.619. The molecule has 26 heavy (non-hydrogen) atoms. The lowest BCUT2D eigenvalue weighted by molar-refractivity contribution is -0.000722. The van der Waals surface area contributed by atoms with Crippen LogP contribution in [0.2, 0.25) is 0 Å². The Morgan fingerprint density at radius 3 is 2.88 bits per heavy atom. The van der Waals surface area contributed by atoms with Crippen LogP contribution < -0.4 is 0 Å². The first-order valence-electron chi connectivity index (χ1n) is 9.66. The van der Waals surface area contributed by atoms with E-state index in [-0.39, 0.29) is 13.0 Å². The van der Waals surface area contributed by atoms with Crippen LogP contribution >= 0.6 is 0 Å². The molecule has 0 N–H and O–H groups in total. The SMILES string of the molecule is CCCC1(CC#N)CCN(Cc2ccc(C3=CCCC3)nc2F)CC1F.